The van der Waals surface area contributed by atoms with Gasteiger partial charge in [-0.1, -0.05) is 18.2 Å². The minimum Gasteiger partial charge on any atom is -0.362 e. The summed E-state index contributed by atoms with van der Waals surface area (Å²) in [4.78, 5) is 16.2. The van der Waals surface area contributed by atoms with E-state index < -0.39 is 0 Å². The number of piperazine rings is 1. The van der Waals surface area contributed by atoms with Crippen molar-refractivity contribution in [3.8, 4) is 0 Å². The predicted molar refractivity (Wildman–Crippen MR) is 99.0 cm³/mol. The van der Waals surface area contributed by atoms with Crippen LogP contribution in [-0.2, 0) is 4.79 Å². The van der Waals surface area contributed by atoms with Crippen molar-refractivity contribution in [3.63, 3.8) is 0 Å². The Bertz CT molecular complexity index is 504. The van der Waals surface area contributed by atoms with E-state index in [-0.39, 0.29) is 5.91 Å². The van der Waals surface area contributed by atoms with E-state index in [2.05, 4.69) is 39.8 Å². The van der Waals surface area contributed by atoms with Gasteiger partial charge < -0.3 is 20.4 Å². The second kappa shape index (κ2) is 9.75. The summed E-state index contributed by atoms with van der Waals surface area (Å²) in [5.74, 6) is 1.10. The maximum absolute atomic E-state index is 11.4. The summed E-state index contributed by atoms with van der Waals surface area (Å²) in [6, 6.07) is 10.4. The number of hydrogen-bond donors (Lipinski definition) is 3. The number of thioether (sulfide) groups is 1. The highest BCUT2D eigenvalue weighted by Crippen LogP contribution is 2.15. The molecular weight excluding hydrogens is 328 g/mol. The lowest BCUT2D eigenvalue weighted by atomic mass is 10.3. The van der Waals surface area contributed by atoms with Crippen LogP contribution in [0.25, 0.3) is 0 Å². The van der Waals surface area contributed by atoms with Gasteiger partial charge in [0, 0.05) is 24.2 Å². The quantitative estimate of drug-likeness (QED) is 0.369. The molecule has 1 fully saturated rings. The lowest BCUT2D eigenvalue weighted by Gasteiger charge is -2.33. The van der Waals surface area contributed by atoms with Gasteiger partial charge in [0.1, 0.15) is 0 Å². The first kappa shape index (κ1) is 18.0. The summed E-state index contributed by atoms with van der Waals surface area (Å²) in [6.07, 6.45) is 0. The highest BCUT2D eigenvalue weighted by Gasteiger charge is 2.22. The standard InChI is InChI=1S/C16H24N4OS2/c1-17-15(21)13-19-8-10-20(11-9-19)16(22)18-7-12-23-14-5-3-2-4-6-14/h2-6H,7-13H2,1H3,(H,17,21)(H,18,22)/p+1. The average Bonchev–Trinajstić information content (AvgIpc) is 2.60. The van der Waals surface area contributed by atoms with E-state index in [9.17, 15) is 4.79 Å². The van der Waals surface area contributed by atoms with E-state index in [4.69, 9.17) is 12.2 Å². The van der Waals surface area contributed by atoms with Gasteiger partial charge >= 0.3 is 0 Å². The van der Waals surface area contributed by atoms with Crippen molar-refractivity contribution in [1.82, 2.24) is 15.5 Å². The Balaban J connectivity index is 1.60. The van der Waals surface area contributed by atoms with Gasteiger partial charge in [0.05, 0.1) is 26.2 Å². The van der Waals surface area contributed by atoms with E-state index in [0.29, 0.717) is 6.54 Å². The predicted octanol–water partition coefficient (Wildman–Crippen LogP) is -0.400. The van der Waals surface area contributed by atoms with Crippen LogP contribution < -0.4 is 15.5 Å². The lowest BCUT2D eigenvalue weighted by Crippen LogP contribution is -3.15. The minimum atomic E-state index is 0.104. The molecule has 0 unspecified atom stereocenters. The van der Waals surface area contributed by atoms with Gasteiger partial charge in [0.2, 0.25) is 0 Å². The number of nitrogens with one attached hydrogen (secondary N) is 3. The van der Waals surface area contributed by atoms with Crippen LogP contribution in [0.15, 0.2) is 35.2 Å². The Kier molecular flexibility index (Phi) is 7.64. The molecule has 1 aliphatic heterocycles. The molecule has 0 radical (unpaired) electrons. The van der Waals surface area contributed by atoms with Crippen molar-refractivity contribution < 1.29 is 9.69 Å². The second-order valence-corrected chi connectivity index (χ2v) is 7.04. The summed E-state index contributed by atoms with van der Waals surface area (Å²) in [6.45, 7) is 5.14. The van der Waals surface area contributed by atoms with Crippen LogP contribution in [0.3, 0.4) is 0 Å². The molecule has 0 aromatic heterocycles. The van der Waals surface area contributed by atoms with Crippen LogP contribution in [-0.4, -0.2) is 68.0 Å². The van der Waals surface area contributed by atoms with Gasteiger partial charge in [-0.25, -0.2) is 0 Å². The van der Waals surface area contributed by atoms with E-state index in [0.717, 1.165) is 43.6 Å². The molecule has 0 bridgehead atoms. The largest absolute Gasteiger partial charge is 0.362 e. The Morgan fingerprint density at radius 3 is 2.65 bits per heavy atom. The normalized spacial score (nSPS) is 15.3. The smallest absolute Gasteiger partial charge is 0.274 e. The Morgan fingerprint density at radius 1 is 1.30 bits per heavy atom. The molecule has 1 aliphatic rings. The second-order valence-electron chi connectivity index (χ2n) is 5.48. The van der Waals surface area contributed by atoms with Crippen molar-refractivity contribution in [1.29, 1.82) is 0 Å². The summed E-state index contributed by atoms with van der Waals surface area (Å²) in [7, 11) is 1.69. The van der Waals surface area contributed by atoms with Gasteiger partial charge in [-0.2, -0.15) is 0 Å². The van der Waals surface area contributed by atoms with Crippen molar-refractivity contribution in [2.45, 2.75) is 4.90 Å². The van der Waals surface area contributed by atoms with Crippen LogP contribution >= 0.6 is 24.0 Å². The van der Waals surface area contributed by atoms with E-state index in [1.807, 2.05) is 17.8 Å². The topological polar surface area (TPSA) is 48.8 Å². The number of carbonyl (C=O) groups excluding carboxylic acids is 1. The number of likely N-dealkylation sites (N-methyl/N-ethyl adjacent to an activating group) is 1. The number of hydrogen-bond acceptors (Lipinski definition) is 3. The first-order valence-corrected chi connectivity index (χ1v) is 9.33. The molecule has 0 spiro atoms. The number of amides is 1. The van der Waals surface area contributed by atoms with Crippen molar-refractivity contribution in [2.75, 3.05) is 52.1 Å². The van der Waals surface area contributed by atoms with Crippen LogP contribution in [0, 0.1) is 0 Å². The number of carbonyl (C=O) groups is 1. The molecule has 7 heteroatoms. The van der Waals surface area contributed by atoms with Crippen LogP contribution in [0.2, 0.25) is 0 Å². The van der Waals surface area contributed by atoms with E-state index >= 15 is 0 Å². The fourth-order valence-electron chi connectivity index (χ4n) is 2.47. The molecule has 1 aromatic rings. The summed E-state index contributed by atoms with van der Waals surface area (Å²) < 4.78 is 0. The monoisotopic (exact) mass is 353 g/mol. The molecule has 1 amide bonds. The molecule has 2 rings (SSSR count). The molecule has 1 aromatic carbocycles. The van der Waals surface area contributed by atoms with Gasteiger partial charge in [-0.3, -0.25) is 4.79 Å². The van der Waals surface area contributed by atoms with Gasteiger partial charge in [0.15, 0.2) is 11.7 Å². The van der Waals surface area contributed by atoms with Crippen molar-refractivity contribution in [3.05, 3.63) is 30.3 Å². The highest BCUT2D eigenvalue weighted by atomic mass is 32.2. The molecule has 5 nitrogen and oxygen atoms in total. The summed E-state index contributed by atoms with van der Waals surface area (Å²) in [5, 5.41) is 6.85. The number of quaternary nitrogens is 1. The Labute approximate surface area is 147 Å². The minimum absolute atomic E-state index is 0.104. The molecule has 1 heterocycles. The van der Waals surface area contributed by atoms with E-state index in [1.165, 1.54) is 9.80 Å². The average molecular weight is 354 g/mol. The SMILES string of the molecule is CNC(=O)C[NH+]1CCN(C(=S)NCCSc2ccccc2)CC1. The van der Waals surface area contributed by atoms with Gasteiger partial charge in [-0.05, 0) is 24.4 Å². The van der Waals surface area contributed by atoms with Crippen molar-refractivity contribution in [2.24, 2.45) is 0 Å². The third kappa shape index (κ3) is 6.37. The van der Waals surface area contributed by atoms with Gasteiger partial charge in [0.25, 0.3) is 5.91 Å². The fourth-order valence-corrected chi connectivity index (χ4v) is 3.55. The zero-order valence-corrected chi connectivity index (χ0v) is 15.1. The Morgan fingerprint density at radius 2 is 2.00 bits per heavy atom. The zero-order valence-electron chi connectivity index (χ0n) is 13.5. The zero-order chi connectivity index (χ0) is 16.5. The summed E-state index contributed by atoms with van der Waals surface area (Å²) >= 11 is 7.30. The van der Waals surface area contributed by atoms with Crippen LogP contribution in [0.4, 0.5) is 0 Å². The third-order valence-electron chi connectivity index (χ3n) is 3.84. The summed E-state index contributed by atoms with van der Waals surface area (Å²) in [5.41, 5.74) is 0. The molecular formula is C16H25N4OS2+. The lowest BCUT2D eigenvalue weighted by molar-refractivity contribution is -0.895. The number of benzene rings is 1. The molecule has 23 heavy (non-hydrogen) atoms. The fraction of sp³-hybridized carbons (Fsp3) is 0.500. The highest BCUT2D eigenvalue weighted by molar-refractivity contribution is 7.99. The maximum atomic E-state index is 11.4. The molecule has 0 saturated carbocycles. The number of thiocarbonyl (C=S) groups is 1. The van der Waals surface area contributed by atoms with Gasteiger partial charge in [-0.15, -0.1) is 11.8 Å². The van der Waals surface area contributed by atoms with E-state index in [1.54, 1.807) is 7.05 Å². The maximum Gasteiger partial charge on any atom is 0.274 e. The molecule has 0 aliphatic carbocycles. The third-order valence-corrected chi connectivity index (χ3v) is 5.25. The van der Waals surface area contributed by atoms with Crippen LogP contribution in [0.1, 0.15) is 0 Å². The Hall–Kier alpha value is -1.31. The van der Waals surface area contributed by atoms with Crippen molar-refractivity contribution >= 4 is 35.0 Å². The van der Waals surface area contributed by atoms with Crippen LogP contribution in [0.5, 0.6) is 0 Å². The molecule has 126 valence electrons. The molecule has 3 N–H and O–H groups in total. The number of nitrogens with zero attached hydrogens (tertiary/aromatic N) is 1. The molecule has 1 saturated heterocycles. The first-order valence-electron chi connectivity index (χ1n) is 7.94. The number of rotatable bonds is 6. The first-order chi connectivity index (χ1) is 11.2. The molecule has 0 atom stereocenters.